The summed E-state index contributed by atoms with van der Waals surface area (Å²) in [4.78, 5) is 0. The lowest BCUT2D eigenvalue weighted by Crippen LogP contribution is -2.35. The second-order valence-electron chi connectivity index (χ2n) is 4.03. The zero-order valence-electron chi connectivity index (χ0n) is 8.14. The maximum absolute atomic E-state index is 4.82. The van der Waals surface area contributed by atoms with E-state index in [2.05, 4.69) is 31.2 Å². The van der Waals surface area contributed by atoms with Gasteiger partial charge in [-0.25, -0.2) is 0 Å². The Kier molecular flexibility index (Phi) is 2.52. The summed E-state index contributed by atoms with van der Waals surface area (Å²) >= 11 is 0. The van der Waals surface area contributed by atoms with Crippen LogP contribution in [0.1, 0.15) is 32.0 Å². The third-order valence-corrected chi connectivity index (χ3v) is 1.66. The van der Waals surface area contributed by atoms with Crippen LogP contribution in [0.2, 0.25) is 0 Å². The number of nitrogens with one attached hydrogen (secondary N) is 1. The molecule has 0 radical (unpaired) electrons. The molecule has 1 N–H and O–H groups in total. The Morgan fingerprint density at radius 1 is 1.50 bits per heavy atom. The van der Waals surface area contributed by atoms with Crippen LogP contribution in [-0.4, -0.2) is 10.7 Å². The summed E-state index contributed by atoms with van der Waals surface area (Å²) in [5, 5.41) is 7.17. The Bertz CT molecular complexity index is 247. The summed E-state index contributed by atoms with van der Waals surface area (Å²) < 4.78 is 4.82. The van der Waals surface area contributed by atoms with Gasteiger partial charge in [-0.05, 0) is 27.7 Å². The molecule has 1 heterocycles. The molecule has 68 valence electrons. The van der Waals surface area contributed by atoms with Crippen LogP contribution in [0.25, 0.3) is 0 Å². The van der Waals surface area contributed by atoms with Gasteiger partial charge in [-0.2, -0.15) is 0 Å². The van der Waals surface area contributed by atoms with E-state index in [0.717, 1.165) is 17.8 Å². The molecule has 0 saturated carbocycles. The molecule has 3 nitrogen and oxygen atoms in total. The van der Waals surface area contributed by atoms with E-state index in [4.69, 9.17) is 4.52 Å². The number of nitrogens with zero attached hydrogens (tertiary/aromatic N) is 1. The van der Waals surface area contributed by atoms with Gasteiger partial charge in [0.05, 0.1) is 5.69 Å². The normalized spacial score (nSPS) is 12.0. The summed E-state index contributed by atoms with van der Waals surface area (Å²) in [5.74, 6) is 0. The SMILES string of the molecule is Cc1nocc1CNC(C)(C)C. The molecular weight excluding hydrogens is 152 g/mol. The average molecular weight is 168 g/mol. The van der Waals surface area contributed by atoms with E-state index in [-0.39, 0.29) is 5.54 Å². The lowest BCUT2D eigenvalue weighted by Gasteiger charge is -2.19. The van der Waals surface area contributed by atoms with E-state index in [9.17, 15) is 0 Å². The summed E-state index contributed by atoms with van der Waals surface area (Å²) in [6, 6.07) is 0. The van der Waals surface area contributed by atoms with Crippen molar-refractivity contribution in [1.29, 1.82) is 0 Å². The maximum Gasteiger partial charge on any atom is 0.128 e. The Labute approximate surface area is 73.1 Å². The number of rotatable bonds is 2. The third kappa shape index (κ3) is 2.66. The number of aryl methyl sites for hydroxylation is 1. The summed E-state index contributed by atoms with van der Waals surface area (Å²) in [7, 11) is 0. The molecule has 0 fully saturated rings. The largest absolute Gasteiger partial charge is 0.364 e. The quantitative estimate of drug-likeness (QED) is 0.732. The van der Waals surface area contributed by atoms with Crippen LogP contribution in [0.15, 0.2) is 10.8 Å². The van der Waals surface area contributed by atoms with Gasteiger partial charge in [0.15, 0.2) is 0 Å². The fourth-order valence-electron chi connectivity index (χ4n) is 0.843. The standard InChI is InChI=1S/C9H16N2O/c1-7-8(6-12-11-7)5-10-9(2,3)4/h6,10H,5H2,1-4H3. The Balaban J connectivity index is 2.49. The van der Waals surface area contributed by atoms with Crippen molar-refractivity contribution in [1.82, 2.24) is 10.5 Å². The topological polar surface area (TPSA) is 38.1 Å². The van der Waals surface area contributed by atoms with Crippen LogP contribution in [0.3, 0.4) is 0 Å². The molecule has 0 spiro atoms. The highest BCUT2D eigenvalue weighted by Gasteiger charge is 2.10. The van der Waals surface area contributed by atoms with Crippen LogP contribution >= 0.6 is 0 Å². The van der Waals surface area contributed by atoms with Crippen LogP contribution < -0.4 is 5.32 Å². The van der Waals surface area contributed by atoms with Crippen molar-refractivity contribution in [2.75, 3.05) is 0 Å². The van der Waals surface area contributed by atoms with Crippen LogP contribution in [0, 0.1) is 6.92 Å². The lowest BCUT2D eigenvalue weighted by atomic mass is 10.1. The first kappa shape index (κ1) is 9.26. The molecule has 12 heavy (non-hydrogen) atoms. The molecule has 1 aromatic heterocycles. The molecule has 0 bridgehead atoms. The lowest BCUT2D eigenvalue weighted by molar-refractivity contribution is 0.409. The highest BCUT2D eigenvalue weighted by molar-refractivity contribution is 5.12. The van der Waals surface area contributed by atoms with Crippen molar-refractivity contribution < 1.29 is 4.52 Å². The van der Waals surface area contributed by atoms with E-state index in [1.165, 1.54) is 0 Å². The highest BCUT2D eigenvalue weighted by Crippen LogP contribution is 2.07. The number of hydrogen-bond acceptors (Lipinski definition) is 3. The van der Waals surface area contributed by atoms with Gasteiger partial charge in [0.25, 0.3) is 0 Å². The molecule has 1 aromatic rings. The first-order valence-electron chi connectivity index (χ1n) is 4.14. The smallest absolute Gasteiger partial charge is 0.128 e. The molecule has 0 atom stereocenters. The zero-order chi connectivity index (χ0) is 9.19. The van der Waals surface area contributed by atoms with Gasteiger partial charge in [-0.3, -0.25) is 0 Å². The fraction of sp³-hybridized carbons (Fsp3) is 0.667. The molecular formula is C9H16N2O. The first-order chi connectivity index (χ1) is 5.49. The second-order valence-corrected chi connectivity index (χ2v) is 4.03. The average Bonchev–Trinajstić information content (AvgIpc) is 2.29. The second kappa shape index (κ2) is 3.27. The Hall–Kier alpha value is -0.830. The van der Waals surface area contributed by atoms with E-state index in [1.807, 2.05) is 6.92 Å². The molecule has 1 rings (SSSR count). The van der Waals surface area contributed by atoms with Crippen molar-refractivity contribution in [2.24, 2.45) is 0 Å². The van der Waals surface area contributed by atoms with E-state index < -0.39 is 0 Å². The van der Waals surface area contributed by atoms with Gasteiger partial charge in [0, 0.05) is 17.6 Å². The van der Waals surface area contributed by atoms with Crippen molar-refractivity contribution in [2.45, 2.75) is 39.8 Å². The summed E-state index contributed by atoms with van der Waals surface area (Å²) in [5.41, 5.74) is 2.24. The predicted octanol–water partition coefficient (Wildman–Crippen LogP) is 1.87. The van der Waals surface area contributed by atoms with Crippen LogP contribution in [-0.2, 0) is 6.54 Å². The molecule has 0 aliphatic rings. The summed E-state index contributed by atoms with van der Waals surface area (Å²) in [6.45, 7) is 9.17. The minimum Gasteiger partial charge on any atom is -0.364 e. The third-order valence-electron chi connectivity index (χ3n) is 1.66. The van der Waals surface area contributed by atoms with Gasteiger partial charge in [0.2, 0.25) is 0 Å². The minimum atomic E-state index is 0.143. The number of hydrogen-bond donors (Lipinski definition) is 1. The zero-order valence-corrected chi connectivity index (χ0v) is 8.14. The maximum atomic E-state index is 4.82. The van der Waals surface area contributed by atoms with E-state index in [1.54, 1.807) is 6.26 Å². The Morgan fingerprint density at radius 3 is 2.58 bits per heavy atom. The van der Waals surface area contributed by atoms with Gasteiger partial charge >= 0.3 is 0 Å². The van der Waals surface area contributed by atoms with Gasteiger partial charge < -0.3 is 9.84 Å². The molecule has 0 unspecified atom stereocenters. The van der Waals surface area contributed by atoms with Crippen molar-refractivity contribution in [3.05, 3.63) is 17.5 Å². The van der Waals surface area contributed by atoms with E-state index >= 15 is 0 Å². The van der Waals surface area contributed by atoms with Gasteiger partial charge in [-0.15, -0.1) is 0 Å². The monoisotopic (exact) mass is 168 g/mol. The first-order valence-corrected chi connectivity index (χ1v) is 4.14. The van der Waals surface area contributed by atoms with Crippen LogP contribution in [0.4, 0.5) is 0 Å². The van der Waals surface area contributed by atoms with E-state index in [0.29, 0.717) is 0 Å². The molecule has 0 saturated heterocycles. The highest BCUT2D eigenvalue weighted by atomic mass is 16.5. The van der Waals surface area contributed by atoms with Crippen molar-refractivity contribution in [3.8, 4) is 0 Å². The molecule has 0 amide bonds. The van der Waals surface area contributed by atoms with Crippen LogP contribution in [0.5, 0.6) is 0 Å². The van der Waals surface area contributed by atoms with Gasteiger partial charge in [-0.1, -0.05) is 5.16 Å². The van der Waals surface area contributed by atoms with Crippen molar-refractivity contribution >= 4 is 0 Å². The molecule has 0 aliphatic heterocycles. The Morgan fingerprint density at radius 2 is 2.17 bits per heavy atom. The molecule has 0 aliphatic carbocycles. The predicted molar refractivity (Wildman–Crippen MR) is 47.8 cm³/mol. The number of aromatic nitrogens is 1. The fourth-order valence-corrected chi connectivity index (χ4v) is 0.843. The molecule has 3 heteroatoms. The van der Waals surface area contributed by atoms with Gasteiger partial charge in [0.1, 0.15) is 6.26 Å². The molecule has 0 aromatic carbocycles. The van der Waals surface area contributed by atoms with Crippen molar-refractivity contribution in [3.63, 3.8) is 0 Å². The summed E-state index contributed by atoms with van der Waals surface area (Å²) in [6.07, 6.45) is 1.69. The minimum absolute atomic E-state index is 0.143.